The van der Waals surface area contributed by atoms with Gasteiger partial charge in [-0.05, 0) is 30.4 Å². The molecule has 0 spiro atoms. The van der Waals surface area contributed by atoms with Crippen LogP contribution in [0.15, 0.2) is 29.3 Å². The van der Waals surface area contributed by atoms with Crippen LogP contribution in [0.25, 0.3) is 0 Å². The molecule has 1 aromatic carbocycles. The van der Waals surface area contributed by atoms with Crippen LogP contribution in [0.5, 0.6) is 6.01 Å². The van der Waals surface area contributed by atoms with Crippen LogP contribution in [0.1, 0.15) is 18.1 Å². The van der Waals surface area contributed by atoms with E-state index in [-0.39, 0.29) is 23.3 Å². The van der Waals surface area contributed by atoms with Crippen LogP contribution in [0.3, 0.4) is 0 Å². The lowest BCUT2D eigenvalue weighted by atomic mass is 10.2. The molecule has 9 nitrogen and oxygen atoms in total. The quantitative estimate of drug-likeness (QED) is 0.468. The SMILES string of the molecule is Cc1ccc(S(=O)(=O)OC2(C)Cn3cc([N+](=O)[O-])nc3O2)c(C)c1. The van der Waals surface area contributed by atoms with Crippen molar-refractivity contribution in [3.63, 3.8) is 0 Å². The van der Waals surface area contributed by atoms with E-state index < -0.39 is 20.8 Å². The molecule has 0 radical (unpaired) electrons. The highest BCUT2D eigenvalue weighted by Gasteiger charge is 2.45. The van der Waals surface area contributed by atoms with Gasteiger partial charge in [-0.15, -0.1) is 0 Å². The molecule has 24 heavy (non-hydrogen) atoms. The first-order valence-electron chi connectivity index (χ1n) is 7.03. The first-order valence-corrected chi connectivity index (χ1v) is 8.44. The van der Waals surface area contributed by atoms with E-state index in [0.29, 0.717) is 5.56 Å². The maximum absolute atomic E-state index is 12.5. The van der Waals surface area contributed by atoms with Crippen molar-refractivity contribution in [2.45, 2.75) is 38.0 Å². The molecule has 1 atom stereocenters. The van der Waals surface area contributed by atoms with Crippen LogP contribution in [0, 0.1) is 24.0 Å². The Kier molecular flexibility index (Phi) is 3.61. The van der Waals surface area contributed by atoms with Crippen molar-refractivity contribution in [1.29, 1.82) is 0 Å². The monoisotopic (exact) mass is 353 g/mol. The Morgan fingerprint density at radius 1 is 1.42 bits per heavy atom. The predicted octanol–water partition coefficient (Wildman–Crippen LogP) is 1.92. The second-order valence-electron chi connectivity index (χ2n) is 5.81. The van der Waals surface area contributed by atoms with Crippen molar-refractivity contribution < 1.29 is 22.3 Å². The number of aromatic nitrogens is 2. The normalized spacial score (nSPS) is 19.8. The summed E-state index contributed by atoms with van der Waals surface area (Å²) in [6, 6.07) is 4.83. The third kappa shape index (κ3) is 2.85. The lowest BCUT2D eigenvalue weighted by molar-refractivity contribution is -0.389. The minimum Gasteiger partial charge on any atom is -0.410 e. The zero-order valence-electron chi connectivity index (χ0n) is 13.2. The average Bonchev–Trinajstić information content (AvgIpc) is 2.91. The van der Waals surface area contributed by atoms with Gasteiger partial charge in [0.25, 0.3) is 0 Å². The fourth-order valence-corrected chi connectivity index (χ4v) is 3.93. The van der Waals surface area contributed by atoms with Crippen molar-refractivity contribution in [3.05, 3.63) is 45.6 Å². The minimum atomic E-state index is -4.07. The van der Waals surface area contributed by atoms with E-state index in [1.807, 2.05) is 6.92 Å². The summed E-state index contributed by atoms with van der Waals surface area (Å²) in [4.78, 5) is 13.8. The zero-order valence-corrected chi connectivity index (χ0v) is 14.0. The highest BCUT2D eigenvalue weighted by atomic mass is 32.2. The summed E-state index contributed by atoms with van der Waals surface area (Å²) in [6.07, 6.45) is 1.17. The second-order valence-corrected chi connectivity index (χ2v) is 7.32. The van der Waals surface area contributed by atoms with E-state index >= 15 is 0 Å². The Labute approximate surface area is 138 Å². The smallest absolute Gasteiger partial charge is 0.410 e. The van der Waals surface area contributed by atoms with E-state index in [9.17, 15) is 18.5 Å². The third-order valence-electron chi connectivity index (χ3n) is 3.56. The Hall–Kier alpha value is -2.46. The molecule has 0 bridgehead atoms. The molecular weight excluding hydrogens is 338 g/mol. The van der Waals surface area contributed by atoms with Crippen LogP contribution in [-0.4, -0.2) is 28.7 Å². The average molecular weight is 353 g/mol. The summed E-state index contributed by atoms with van der Waals surface area (Å²) in [5.41, 5.74) is 1.49. The summed E-state index contributed by atoms with van der Waals surface area (Å²) in [5, 5.41) is 10.7. The molecule has 0 saturated carbocycles. The van der Waals surface area contributed by atoms with Crippen molar-refractivity contribution in [1.82, 2.24) is 9.55 Å². The Balaban J connectivity index is 1.85. The number of imidazole rings is 1. The predicted molar refractivity (Wildman–Crippen MR) is 82.1 cm³/mol. The molecule has 0 fully saturated rings. The number of rotatable bonds is 4. The Morgan fingerprint density at radius 3 is 2.71 bits per heavy atom. The lowest BCUT2D eigenvalue weighted by Gasteiger charge is -2.22. The van der Waals surface area contributed by atoms with Crippen LogP contribution in [0.4, 0.5) is 5.82 Å². The molecule has 1 unspecified atom stereocenters. The largest absolute Gasteiger partial charge is 0.417 e. The van der Waals surface area contributed by atoms with Gasteiger partial charge in [-0.3, -0.25) is 4.57 Å². The van der Waals surface area contributed by atoms with Crippen molar-refractivity contribution in [2.24, 2.45) is 0 Å². The Bertz CT molecular complexity index is 910. The molecule has 10 heteroatoms. The van der Waals surface area contributed by atoms with Crippen LogP contribution in [-0.2, 0) is 20.8 Å². The fourth-order valence-electron chi connectivity index (χ4n) is 2.60. The van der Waals surface area contributed by atoms with E-state index in [2.05, 4.69) is 4.98 Å². The van der Waals surface area contributed by atoms with E-state index in [1.54, 1.807) is 19.1 Å². The molecule has 3 rings (SSSR count). The van der Waals surface area contributed by atoms with Crippen LogP contribution < -0.4 is 4.74 Å². The fraction of sp³-hybridized carbons (Fsp3) is 0.357. The molecule has 1 aliphatic heterocycles. The van der Waals surface area contributed by atoms with Gasteiger partial charge < -0.3 is 14.9 Å². The molecule has 2 heterocycles. The summed E-state index contributed by atoms with van der Waals surface area (Å²) in [7, 11) is -4.07. The molecular formula is C14H15N3O6S. The molecule has 0 amide bonds. The van der Waals surface area contributed by atoms with Gasteiger partial charge in [-0.2, -0.15) is 8.42 Å². The van der Waals surface area contributed by atoms with Gasteiger partial charge in [0.2, 0.25) is 5.79 Å². The van der Waals surface area contributed by atoms with Crippen molar-refractivity contribution >= 4 is 15.9 Å². The Morgan fingerprint density at radius 2 is 2.12 bits per heavy atom. The zero-order chi connectivity index (χ0) is 17.7. The minimum absolute atomic E-state index is 0.0344. The number of hydrogen-bond acceptors (Lipinski definition) is 7. The molecule has 1 aliphatic rings. The highest BCUT2D eigenvalue weighted by molar-refractivity contribution is 7.86. The first kappa shape index (κ1) is 16.4. The summed E-state index contributed by atoms with van der Waals surface area (Å²) in [6.45, 7) is 4.94. The van der Waals surface area contributed by atoms with Crippen LogP contribution >= 0.6 is 0 Å². The second kappa shape index (κ2) is 5.28. The van der Waals surface area contributed by atoms with E-state index in [1.165, 1.54) is 23.8 Å². The van der Waals surface area contributed by atoms with Gasteiger partial charge in [0.1, 0.15) is 6.20 Å². The molecule has 0 saturated heterocycles. The molecule has 2 aromatic rings. The van der Waals surface area contributed by atoms with Crippen molar-refractivity contribution in [2.75, 3.05) is 0 Å². The molecule has 128 valence electrons. The third-order valence-corrected chi connectivity index (χ3v) is 5.13. The molecule has 1 aromatic heterocycles. The molecule has 0 aliphatic carbocycles. The van der Waals surface area contributed by atoms with Gasteiger partial charge in [0.15, 0.2) is 0 Å². The topological polar surface area (TPSA) is 114 Å². The summed E-state index contributed by atoms with van der Waals surface area (Å²) in [5.74, 6) is -1.89. The van der Waals surface area contributed by atoms with Crippen LogP contribution in [0.2, 0.25) is 0 Å². The van der Waals surface area contributed by atoms with Gasteiger partial charge in [-0.25, -0.2) is 4.18 Å². The number of hydrogen-bond donors (Lipinski definition) is 0. The number of benzene rings is 1. The number of ether oxygens (including phenoxy) is 1. The highest BCUT2D eigenvalue weighted by Crippen LogP contribution is 2.34. The van der Waals surface area contributed by atoms with E-state index in [0.717, 1.165) is 5.56 Å². The van der Waals surface area contributed by atoms with Gasteiger partial charge in [-0.1, -0.05) is 17.7 Å². The van der Waals surface area contributed by atoms with Gasteiger partial charge in [0, 0.05) is 11.9 Å². The van der Waals surface area contributed by atoms with Crippen molar-refractivity contribution in [3.8, 4) is 6.01 Å². The molecule has 0 N–H and O–H groups in total. The lowest BCUT2D eigenvalue weighted by Crippen LogP contribution is -2.37. The maximum Gasteiger partial charge on any atom is 0.417 e. The number of aryl methyl sites for hydroxylation is 2. The number of nitrogens with zero attached hydrogens (tertiary/aromatic N) is 3. The maximum atomic E-state index is 12.5. The van der Waals surface area contributed by atoms with E-state index in [4.69, 9.17) is 8.92 Å². The summed E-state index contributed by atoms with van der Waals surface area (Å²) >= 11 is 0. The summed E-state index contributed by atoms with van der Waals surface area (Å²) < 4.78 is 37.1. The van der Waals surface area contributed by atoms with Gasteiger partial charge in [0.05, 0.1) is 11.4 Å². The standard InChI is InChI=1S/C14H15N3O6S/c1-9-4-5-11(10(2)6-9)24(20,21)23-14(3)8-16-7-12(17(18)19)15-13(16)22-14/h4-7H,8H2,1-3H3. The van der Waals surface area contributed by atoms with Gasteiger partial charge >= 0.3 is 21.9 Å². The first-order chi connectivity index (χ1) is 11.1. The number of nitro groups is 1. The number of fused-ring (bicyclic) bond motifs is 1.